The van der Waals surface area contributed by atoms with Gasteiger partial charge in [0.05, 0.1) is 0 Å². The number of benzene rings is 1. The fraction of sp³-hybridized carbons (Fsp3) is 0.600. The quantitative estimate of drug-likeness (QED) is 0.738. The lowest BCUT2D eigenvalue weighted by Crippen LogP contribution is -2.32. The van der Waals surface area contributed by atoms with E-state index in [0.717, 1.165) is 37.6 Å². The van der Waals surface area contributed by atoms with E-state index in [4.69, 9.17) is 9.47 Å². The maximum Gasteiger partial charge on any atom is 0.231 e. The van der Waals surface area contributed by atoms with Gasteiger partial charge in [0.15, 0.2) is 11.5 Å². The van der Waals surface area contributed by atoms with Crippen LogP contribution in [-0.2, 0) is 6.42 Å². The molecule has 4 heteroatoms. The number of rotatable bonds is 7. The SMILES string of the molecule is Cc1cc2c(cc1CCNCCNC(C)C)OCO2. The molecule has 2 N–H and O–H groups in total. The average molecular weight is 264 g/mol. The second-order valence-corrected chi connectivity index (χ2v) is 5.24. The molecular formula is C15H24N2O2. The minimum absolute atomic E-state index is 0.345. The largest absolute Gasteiger partial charge is 0.454 e. The second-order valence-electron chi connectivity index (χ2n) is 5.24. The van der Waals surface area contributed by atoms with Crippen molar-refractivity contribution >= 4 is 0 Å². The predicted octanol–water partition coefficient (Wildman–Crippen LogP) is 1.85. The molecule has 0 bridgehead atoms. The van der Waals surface area contributed by atoms with Crippen molar-refractivity contribution in [2.75, 3.05) is 26.4 Å². The Morgan fingerprint density at radius 1 is 1.11 bits per heavy atom. The zero-order chi connectivity index (χ0) is 13.7. The zero-order valence-electron chi connectivity index (χ0n) is 12.1. The lowest BCUT2D eigenvalue weighted by molar-refractivity contribution is 0.174. The van der Waals surface area contributed by atoms with Crippen LogP contribution in [-0.4, -0.2) is 32.5 Å². The van der Waals surface area contributed by atoms with Crippen LogP contribution < -0.4 is 20.1 Å². The van der Waals surface area contributed by atoms with Crippen LogP contribution in [0.4, 0.5) is 0 Å². The van der Waals surface area contributed by atoms with Crippen molar-refractivity contribution in [1.29, 1.82) is 0 Å². The predicted molar refractivity (Wildman–Crippen MR) is 77.0 cm³/mol. The summed E-state index contributed by atoms with van der Waals surface area (Å²) in [6.07, 6.45) is 1.02. The van der Waals surface area contributed by atoms with Crippen molar-refractivity contribution in [2.45, 2.75) is 33.2 Å². The summed E-state index contributed by atoms with van der Waals surface area (Å²) in [5, 5.41) is 6.84. The summed E-state index contributed by atoms with van der Waals surface area (Å²) in [5.41, 5.74) is 2.60. The molecule has 0 aliphatic carbocycles. The molecule has 0 atom stereocenters. The molecule has 1 aromatic carbocycles. The van der Waals surface area contributed by atoms with Gasteiger partial charge in [-0.15, -0.1) is 0 Å². The molecule has 1 heterocycles. The Kier molecular flexibility index (Phi) is 5.05. The fourth-order valence-electron chi connectivity index (χ4n) is 2.15. The molecule has 0 radical (unpaired) electrons. The van der Waals surface area contributed by atoms with E-state index in [1.54, 1.807) is 0 Å². The van der Waals surface area contributed by atoms with Crippen LogP contribution in [0.5, 0.6) is 11.5 Å². The van der Waals surface area contributed by atoms with E-state index in [1.807, 2.05) is 0 Å². The maximum absolute atomic E-state index is 5.41. The van der Waals surface area contributed by atoms with Crippen molar-refractivity contribution in [1.82, 2.24) is 10.6 Å². The first kappa shape index (κ1) is 14.2. The van der Waals surface area contributed by atoms with Gasteiger partial charge in [0.1, 0.15) is 0 Å². The van der Waals surface area contributed by atoms with Gasteiger partial charge < -0.3 is 20.1 Å². The summed E-state index contributed by atoms with van der Waals surface area (Å²) in [5.74, 6) is 1.75. The summed E-state index contributed by atoms with van der Waals surface area (Å²) >= 11 is 0. The Bertz CT molecular complexity index is 419. The van der Waals surface area contributed by atoms with Crippen molar-refractivity contribution in [2.24, 2.45) is 0 Å². The molecule has 0 spiro atoms. The van der Waals surface area contributed by atoms with Crippen LogP contribution in [0.25, 0.3) is 0 Å². The number of nitrogens with one attached hydrogen (secondary N) is 2. The van der Waals surface area contributed by atoms with Gasteiger partial charge in [0.2, 0.25) is 6.79 Å². The van der Waals surface area contributed by atoms with E-state index in [2.05, 4.69) is 43.5 Å². The molecule has 0 unspecified atom stereocenters. The molecule has 0 aromatic heterocycles. The smallest absolute Gasteiger partial charge is 0.231 e. The van der Waals surface area contributed by atoms with Crippen molar-refractivity contribution in [3.63, 3.8) is 0 Å². The number of hydrogen-bond acceptors (Lipinski definition) is 4. The third kappa shape index (κ3) is 4.11. The normalized spacial score (nSPS) is 13.3. The molecule has 106 valence electrons. The highest BCUT2D eigenvalue weighted by Gasteiger charge is 2.15. The van der Waals surface area contributed by atoms with Crippen LogP contribution in [0.1, 0.15) is 25.0 Å². The van der Waals surface area contributed by atoms with Gasteiger partial charge in [0, 0.05) is 19.1 Å². The molecular weight excluding hydrogens is 240 g/mol. The first-order valence-electron chi connectivity index (χ1n) is 7.00. The Morgan fingerprint density at radius 3 is 2.58 bits per heavy atom. The van der Waals surface area contributed by atoms with Crippen LogP contribution in [0.15, 0.2) is 12.1 Å². The van der Waals surface area contributed by atoms with Crippen LogP contribution in [0.2, 0.25) is 0 Å². The van der Waals surface area contributed by atoms with E-state index in [0.29, 0.717) is 12.8 Å². The van der Waals surface area contributed by atoms with Gasteiger partial charge in [-0.1, -0.05) is 13.8 Å². The lowest BCUT2D eigenvalue weighted by atomic mass is 10.0. The summed E-state index contributed by atoms with van der Waals surface area (Å²) in [6, 6.07) is 4.72. The van der Waals surface area contributed by atoms with Gasteiger partial charge in [-0.05, 0) is 43.1 Å². The molecule has 19 heavy (non-hydrogen) atoms. The number of fused-ring (bicyclic) bond motifs is 1. The van der Waals surface area contributed by atoms with Crippen molar-refractivity contribution < 1.29 is 9.47 Å². The molecule has 4 nitrogen and oxygen atoms in total. The average Bonchev–Trinajstić information content (AvgIpc) is 2.80. The Balaban J connectivity index is 1.74. The highest BCUT2D eigenvalue weighted by Crippen LogP contribution is 2.34. The maximum atomic E-state index is 5.41. The van der Waals surface area contributed by atoms with Crippen molar-refractivity contribution in [3.05, 3.63) is 23.3 Å². The van der Waals surface area contributed by atoms with Crippen LogP contribution in [0.3, 0.4) is 0 Å². The number of hydrogen-bond donors (Lipinski definition) is 2. The minimum atomic E-state index is 0.345. The Labute approximate surface area is 115 Å². The van der Waals surface area contributed by atoms with E-state index < -0.39 is 0 Å². The van der Waals surface area contributed by atoms with E-state index in [9.17, 15) is 0 Å². The minimum Gasteiger partial charge on any atom is -0.454 e. The molecule has 0 fully saturated rings. The lowest BCUT2D eigenvalue weighted by Gasteiger charge is -2.10. The summed E-state index contributed by atoms with van der Waals surface area (Å²) in [4.78, 5) is 0. The molecule has 0 saturated heterocycles. The molecule has 0 saturated carbocycles. The zero-order valence-corrected chi connectivity index (χ0v) is 12.1. The molecule has 1 aromatic rings. The third-order valence-corrected chi connectivity index (χ3v) is 3.26. The van der Waals surface area contributed by atoms with Crippen molar-refractivity contribution in [3.8, 4) is 11.5 Å². The molecule has 1 aliphatic rings. The van der Waals surface area contributed by atoms with E-state index in [-0.39, 0.29) is 0 Å². The first-order valence-corrected chi connectivity index (χ1v) is 7.00. The third-order valence-electron chi connectivity index (χ3n) is 3.26. The number of ether oxygens (including phenoxy) is 2. The molecule has 2 rings (SSSR count). The summed E-state index contributed by atoms with van der Waals surface area (Å²) < 4.78 is 10.8. The Hall–Kier alpha value is -1.26. The van der Waals surface area contributed by atoms with Gasteiger partial charge >= 0.3 is 0 Å². The summed E-state index contributed by atoms with van der Waals surface area (Å²) in [6.45, 7) is 9.79. The standard InChI is InChI=1S/C15H24N2O2/c1-11(2)17-7-6-16-5-4-13-9-15-14(8-12(13)3)18-10-19-15/h8-9,11,16-17H,4-7,10H2,1-3H3. The molecule has 0 amide bonds. The first-order chi connectivity index (χ1) is 9.16. The van der Waals surface area contributed by atoms with E-state index >= 15 is 0 Å². The van der Waals surface area contributed by atoms with E-state index in [1.165, 1.54) is 11.1 Å². The topological polar surface area (TPSA) is 42.5 Å². The Morgan fingerprint density at radius 2 is 1.84 bits per heavy atom. The van der Waals surface area contributed by atoms with Gasteiger partial charge in [-0.3, -0.25) is 0 Å². The van der Waals surface area contributed by atoms with Crippen LogP contribution in [0, 0.1) is 6.92 Å². The van der Waals surface area contributed by atoms with Gasteiger partial charge in [-0.2, -0.15) is 0 Å². The highest BCUT2D eigenvalue weighted by atomic mass is 16.7. The number of aryl methyl sites for hydroxylation is 1. The second kappa shape index (κ2) is 6.78. The summed E-state index contributed by atoms with van der Waals surface area (Å²) in [7, 11) is 0. The van der Waals surface area contributed by atoms with Gasteiger partial charge in [-0.25, -0.2) is 0 Å². The van der Waals surface area contributed by atoms with Gasteiger partial charge in [0.25, 0.3) is 0 Å². The monoisotopic (exact) mass is 264 g/mol. The van der Waals surface area contributed by atoms with Crippen LogP contribution >= 0.6 is 0 Å². The molecule has 1 aliphatic heterocycles. The fourth-order valence-corrected chi connectivity index (χ4v) is 2.15. The highest BCUT2D eigenvalue weighted by molar-refractivity contribution is 5.48.